The predicted octanol–water partition coefficient (Wildman–Crippen LogP) is 3.13. The number of hydrogen-bond donors (Lipinski definition) is 1. The van der Waals surface area contributed by atoms with E-state index in [9.17, 15) is 19.1 Å². The average Bonchev–Trinajstić information content (AvgIpc) is 2.49. The minimum atomic E-state index is -0.780. The summed E-state index contributed by atoms with van der Waals surface area (Å²) in [6.45, 7) is -0.267. The highest BCUT2D eigenvalue weighted by Crippen LogP contribution is 2.37. The fraction of sp³-hybridized carbons (Fsp3) is 0.250. The minimum absolute atomic E-state index is 0.0883. The maximum atomic E-state index is 14.0. The summed E-state index contributed by atoms with van der Waals surface area (Å²) in [5.74, 6) is -2.97. The van der Waals surface area contributed by atoms with Crippen molar-refractivity contribution in [3.8, 4) is 6.07 Å². The van der Waals surface area contributed by atoms with Gasteiger partial charge < -0.3 is 5.11 Å². The van der Waals surface area contributed by atoms with Gasteiger partial charge in [-0.05, 0) is 30.2 Å². The molecule has 0 spiro atoms. The van der Waals surface area contributed by atoms with Crippen molar-refractivity contribution in [2.24, 2.45) is 0 Å². The molecular formula is C16H14F2N2O. The van der Waals surface area contributed by atoms with E-state index in [1.54, 1.807) is 18.3 Å². The molecule has 0 saturated heterocycles. The van der Waals surface area contributed by atoms with Gasteiger partial charge in [-0.1, -0.05) is 12.1 Å². The van der Waals surface area contributed by atoms with E-state index in [0.29, 0.717) is 5.56 Å². The first-order valence-electron chi connectivity index (χ1n) is 6.53. The Balaban J connectivity index is 2.50. The van der Waals surface area contributed by atoms with Crippen LogP contribution in [-0.2, 0) is 0 Å². The fourth-order valence-corrected chi connectivity index (χ4v) is 2.44. The van der Waals surface area contributed by atoms with Crippen LogP contribution in [0, 0.1) is 23.0 Å². The highest BCUT2D eigenvalue weighted by molar-refractivity contribution is 5.33. The van der Waals surface area contributed by atoms with Crippen LogP contribution in [0.2, 0.25) is 0 Å². The standard InChI is InChI=1S/C16H14F2N2O/c17-14-4-1-5-15(18)16(14)12(6-8-21)13(9-19)11-3-2-7-20-10-11/h1-5,7,10,12-13,21H,6,8H2/t12-,13+/m0/s1. The van der Waals surface area contributed by atoms with Crippen LogP contribution in [0.25, 0.3) is 0 Å². The van der Waals surface area contributed by atoms with E-state index in [1.165, 1.54) is 12.3 Å². The number of halogens is 2. The van der Waals surface area contributed by atoms with Crippen molar-refractivity contribution in [2.75, 3.05) is 6.61 Å². The van der Waals surface area contributed by atoms with Crippen LogP contribution < -0.4 is 0 Å². The summed E-state index contributed by atoms with van der Waals surface area (Å²) in [4.78, 5) is 3.93. The molecule has 1 heterocycles. The van der Waals surface area contributed by atoms with Crippen LogP contribution in [0.1, 0.15) is 29.4 Å². The number of rotatable bonds is 5. The Kier molecular flexibility index (Phi) is 4.96. The smallest absolute Gasteiger partial charge is 0.129 e. The second kappa shape index (κ2) is 6.91. The third kappa shape index (κ3) is 3.23. The minimum Gasteiger partial charge on any atom is -0.396 e. The number of pyridine rings is 1. The van der Waals surface area contributed by atoms with E-state index in [1.807, 2.05) is 0 Å². The van der Waals surface area contributed by atoms with Gasteiger partial charge in [-0.15, -0.1) is 0 Å². The normalized spacial score (nSPS) is 13.4. The molecule has 0 aliphatic carbocycles. The SMILES string of the molecule is N#C[C@H](c1cccnc1)[C@H](CCO)c1c(F)cccc1F. The van der Waals surface area contributed by atoms with Crippen molar-refractivity contribution in [3.63, 3.8) is 0 Å². The fourth-order valence-electron chi connectivity index (χ4n) is 2.44. The predicted molar refractivity (Wildman–Crippen MR) is 73.4 cm³/mol. The Morgan fingerprint density at radius 1 is 1.19 bits per heavy atom. The van der Waals surface area contributed by atoms with Gasteiger partial charge in [0, 0.05) is 30.5 Å². The number of aliphatic hydroxyl groups is 1. The Bertz CT molecular complexity index is 620. The largest absolute Gasteiger partial charge is 0.396 e. The van der Waals surface area contributed by atoms with Gasteiger partial charge in [0.25, 0.3) is 0 Å². The first kappa shape index (κ1) is 15.1. The van der Waals surface area contributed by atoms with Gasteiger partial charge in [-0.2, -0.15) is 5.26 Å². The molecule has 0 amide bonds. The summed E-state index contributed by atoms with van der Waals surface area (Å²) in [6, 6.07) is 9.00. The van der Waals surface area contributed by atoms with E-state index >= 15 is 0 Å². The molecule has 2 rings (SSSR count). The molecule has 0 saturated carbocycles. The summed E-state index contributed by atoms with van der Waals surface area (Å²) >= 11 is 0. The quantitative estimate of drug-likeness (QED) is 0.919. The summed E-state index contributed by atoms with van der Waals surface area (Å²) in [5, 5.41) is 18.6. The van der Waals surface area contributed by atoms with Crippen LogP contribution >= 0.6 is 0 Å². The molecule has 0 bridgehead atoms. The van der Waals surface area contributed by atoms with Crippen LogP contribution in [0.3, 0.4) is 0 Å². The first-order chi connectivity index (χ1) is 10.2. The molecule has 0 unspecified atom stereocenters. The zero-order valence-electron chi connectivity index (χ0n) is 11.2. The Labute approximate surface area is 121 Å². The van der Waals surface area contributed by atoms with Gasteiger partial charge in [0.2, 0.25) is 0 Å². The number of hydrogen-bond acceptors (Lipinski definition) is 3. The molecule has 0 fully saturated rings. The maximum Gasteiger partial charge on any atom is 0.129 e. The molecular weight excluding hydrogens is 274 g/mol. The van der Waals surface area contributed by atoms with Crippen molar-refractivity contribution in [2.45, 2.75) is 18.3 Å². The van der Waals surface area contributed by atoms with Crippen molar-refractivity contribution in [1.29, 1.82) is 5.26 Å². The third-order valence-corrected chi connectivity index (χ3v) is 3.40. The van der Waals surface area contributed by atoms with Crippen LogP contribution in [0.5, 0.6) is 0 Å². The lowest BCUT2D eigenvalue weighted by Gasteiger charge is -2.22. The molecule has 21 heavy (non-hydrogen) atoms. The number of aromatic nitrogens is 1. The summed E-state index contributed by atoms with van der Waals surface area (Å²) in [6.07, 6.45) is 3.14. The van der Waals surface area contributed by atoms with Gasteiger partial charge >= 0.3 is 0 Å². The van der Waals surface area contributed by atoms with Gasteiger partial charge in [0.1, 0.15) is 11.6 Å². The summed E-state index contributed by atoms with van der Waals surface area (Å²) in [7, 11) is 0. The van der Waals surface area contributed by atoms with Crippen molar-refractivity contribution in [3.05, 3.63) is 65.5 Å². The van der Waals surface area contributed by atoms with Gasteiger partial charge in [0.05, 0.1) is 12.0 Å². The second-order valence-electron chi connectivity index (χ2n) is 4.65. The van der Waals surface area contributed by atoms with Gasteiger partial charge in [-0.25, -0.2) is 8.78 Å². The zero-order valence-corrected chi connectivity index (χ0v) is 11.2. The van der Waals surface area contributed by atoms with Crippen molar-refractivity contribution < 1.29 is 13.9 Å². The topological polar surface area (TPSA) is 56.9 Å². The molecule has 2 aromatic rings. The van der Waals surface area contributed by atoms with E-state index < -0.39 is 23.5 Å². The number of aliphatic hydroxyl groups excluding tert-OH is 1. The van der Waals surface area contributed by atoms with Gasteiger partial charge in [-0.3, -0.25) is 4.98 Å². The Hall–Kier alpha value is -2.32. The maximum absolute atomic E-state index is 14.0. The summed E-state index contributed by atoms with van der Waals surface area (Å²) < 4.78 is 28.0. The molecule has 0 aliphatic rings. The van der Waals surface area contributed by atoms with E-state index in [4.69, 9.17) is 0 Å². The van der Waals surface area contributed by atoms with E-state index in [2.05, 4.69) is 11.1 Å². The number of nitrogens with zero attached hydrogens (tertiary/aromatic N) is 2. The lowest BCUT2D eigenvalue weighted by molar-refractivity contribution is 0.269. The molecule has 108 valence electrons. The van der Waals surface area contributed by atoms with Crippen molar-refractivity contribution in [1.82, 2.24) is 4.98 Å². The summed E-state index contributed by atoms with van der Waals surface area (Å²) in [5.41, 5.74) is 0.406. The molecule has 1 aromatic carbocycles. The molecule has 1 N–H and O–H groups in total. The molecule has 2 atom stereocenters. The number of benzene rings is 1. The zero-order chi connectivity index (χ0) is 15.2. The highest BCUT2D eigenvalue weighted by atomic mass is 19.1. The van der Waals surface area contributed by atoms with Crippen LogP contribution in [-0.4, -0.2) is 16.7 Å². The third-order valence-electron chi connectivity index (χ3n) is 3.40. The van der Waals surface area contributed by atoms with Crippen molar-refractivity contribution >= 4 is 0 Å². The molecule has 1 aromatic heterocycles. The number of nitriles is 1. The molecule has 5 heteroatoms. The lowest BCUT2D eigenvalue weighted by atomic mass is 9.80. The molecule has 0 radical (unpaired) electrons. The van der Waals surface area contributed by atoms with Crippen LogP contribution in [0.15, 0.2) is 42.7 Å². The first-order valence-corrected chi connectivity index (χ1v) is 6.53. The Morgan fingerprint density at radius 3 is 2.43 bits per heavy atom. The average molecular weight is 288 g/mol. The Morgan fingerprint density at radius 2 is 1.90 bits per heavy atom. The molecule has 3 nitrogen and oxygen atoms in total. The van der Waals surface area contributed by atoms with E-state index in [0.717, 1.165) is 12.1 Å². The highest BCUT2D eigenvalue weighted by Gasteiger charge is 2.29. The lowest BCUT2D eigenvalue weighted by Crippen LogP contribution is -2.15. The second-order valence-corrected chi connectivity index (χ2v) is 4.65. The van der Waals surface area contributed by atoms with Gasteiger partial charge in [0.15, 0.2) is 0 Å². The molecule has 0 aliphatic heterocycles. The monoisotopic (exact) mass is 288 g/mol. The van der Waals surface area contributed by atoms with E-state index in [-0.39, 0.29) is 18.6 Å². The van der Waals surface area contributed by atoms with Crippen LogP contribution in [0.4, 0.5) is 8.78 Å².